The van der Waals surface area contributed by atoms with Crippen LogP contribution >= 0.6 is 0 Å². The molecular formula is C14H15N5O2. The maximum Gasteiger partial charge on any atom is 0.252 e. The lowest BCUT2D eigenvalue weighted by Crippen LogP contribution is -2.42. The number of carbonyl (C=O) groups excluding carboxylic acids is 2. The minimum atomic E-state index is -0.644. The normalized spacial score (nSPS) is 17.0. The van der Waals surface area contributed by atoms with Crippen LogP contribution < -0.4 is 10.6 Å². The maximum atomic E-state index is 12.3. The zero-order chi connectivity index (χ0) is 15.0. The van der Waals surface area contributed by atoms with Crippen LogP contribution in [-0.2, 0) is 4.79 Å². The number of hydrogen-bond donors (Lipinski definition) is 2. The van der Waals surface area contributed by atoms with Gasteiger partial charge in [0.1, 0.15) is 12.4 Å². The van der Waals surface area contributed by atoms with Crippen LogP contribution in [0.1, 0.15) is 22.3 Å². The fraction of sp³-hybridized carbons (Fsp3) is 0.286. The molecule has 2 heterocycles. The molecule has 3 rings (SSSR count). The number of anilines is 2. The van der Waals surface area contributed by atoms with Crippen molar-refractivity contribution in [1.82, 2.24) is 14.8 Å². The van der Waals surface area contributed by atoms with Gasteiger partial charge in [0.05, 0.1) is 6.42 Å². The molecule has 0 fully saturated rings. The Kier molecular flexibility index (Phi) is 3.17. The summed E-state index contributed by atoms with van der Waals surface area (Å²) in [6.07, 6.45) is 1.33. The third-order valence-electron chi connectivity index (χ3n) is 3.27. The summed E-state index contributed by atoms with van der Waals surface area (Å²) < 4.78 is 1.17. The zero-order valence-electron chi connectivity index (χ0n) is 11.8. The Morgan fingerprint density at radius 2 is 2.05 bits per heavy atom. The van der Waals surface area contributed by atoms with Crippen molar-refractivity contribution in [2.45, 2.75) is 26.3 Å². The highest BCUT2D eigenvalue weighted by Crippen LogP contribution is 2.18. The minimum absolute atomic E-state index is 0.0486. The van der Waals surface area contributed by atoms with Gasteiger partial charge < -0.3 is 10.6 Å². The molecule has 1 atom stereocenters. The number of nitrogens with one attached hydrogen (secondary N) is 2. The first-order valence-corrected chi connectivity index (χ1v) is 6.62. The fourth-order valence-corrected chi connectivity index (χ4v) is 2.42. The Labute approximate surface area is 121 Å². The van der Waals surface area contributed by atoms with Crippen molar-refractivity contribution >= 4 is 23.5 Å². The molecule has 1 aliphatic heterocycles. The lowest BCUT2D eigenvalue weighted by atomic mass is 10.1. The molecule has 2 N–H and O–H groups in total. The van der Waals surface area contributed by atoms with Crippen molar-refractivity contribution < 1.29 is 9.59 Å². The predicted molar refractivity (Wildman–Crippen MR) is 77.2 cm³/mol. The fourth-order valence-electron chi connectivity index (χ4n) is 2.42. The van der Waals surface area contributed by atoms with E-state index >= 15 is 0 Å². The van der Waals surface area contributed by atoms with E-state index in [2.05, 4.69) is 20.7 Å². The first kappa shape index (κ1) is 13.3. The van der Waals surface area contributed by atoms with Gasteiger partial charge in [0.25, 0.3) is 5.91 Å². The highest BCUT2D eigenvalue weighted by molar-refractivity contribution is 6.01. The van der Waals surface area contributed by atoms with Crippen molar-refractivity contribution in [3.05, 3.63) is 35.7 Å². The summed E-state index contributed by atoms with van der Waals surface area (Å²) in [6.45, 7) is 3.93. The molecule has 1 aromatic heterocycles. The average molecular weight is 285 g/mol. The number of carbonyl (C=O) groups is 2. The highest BCUT2D eigenvalue weighted by Gasteiger charge is 2.30. The number of nitrogens with zero attached hydrogens (tertiary/aromatic N) is 3. The van der Waals surface area contributed by atoms with Gasteiger partial charge in [-0.05, 0) is 37.1 Å². The van der Waals surface area contributed by atoms with E-state index in [0.717, 1.165) is 16.8 Å². The lowest BCUT2D eigenvalue weighted by molar-refractivity contribution is -0.117. The summed E-state index contributed by atoms with van der Waals surface area (Å²) in [5, 5.41) is 9.54. The maximum absolute atomic E-state index is 12.3. The van der Waals surface area contributed by atoms with Crippen molar-refractivity contribution in [2.75, 3.05) is 10.6 Å². The minimum Gasteiger partial charge on any atom is -0.342 e. The second-order valence-corrected chi connectivity index (χ2v) is 5.16. The Morgan fingerprint density at radius 3 is 2.76 bits per heavy atom. The number of benzene rings is 1. The van der Waals surface area contributed by atoms with Crippen LogP contribution in [0.2, 0.25) is 0 Å². The van der Waals surface area contributed by atoms with Crippen molar-refractivity contribution in [3.63, 3.8) is 0 Å². The quantitative estimate of drug-likeness (QED) is 0.869. The standard InChI is InChI=1S/C14H15N5O2/c1-8-3-9(2)5-10(4-8)17-13(21)11-6-12(20)19-14(18-11)15-7-16-19/h3-5,7,11H,6H2,1-2H3,(H,17,21)(H,15,16,18)/t11-/m1/s1. The van der Waals surface area contributed by atoms with Crippen molar-refractivity contribution in [2.24, 2.45) is 0 Å². The molecule has 1 amide bonds. The summed E-state index contributed by atoms with van der Waals surface area (Å²) in [4.78, 5) is 28.1. The molecule has 108 valence electrons. The Bertz CT molecular complexity index is 702. The molecule has 0 bridgehead atoms. The van der Waals surface area contributed by atoms with Gasteiger partial charge in [-0.1, -0.05) is 6.07 Å². The number of aryl methyl sites for hydroxylation is 2. The molecular weight excluding hydrogens is 270 g/mol. The van der Waals surface area contributed by atoms with Crippen molar-refractivity contribution in [1.29, 1.82) is 0 Å². The Hall–Kier alpha value is -2.70. The zero-order valence-corrected chi connectivity index (χ0v) is 11.8. The number of rotatable bonds is 2. The molecule has 21 heavy (non-hydrogen) atoms. The van der Waals surface area contributed by atoms with E-state index in [9.17, 15) is 9.59 Å². The third kappa shape index (κ3) is 2.62. The molecule has 0 saturated carbocycles. The summed E-state index contributed by atoms with van der Waals surface area (Å²) in [7, 11) is 0. The molecule has 0 spiro atoms. The van der Waals surface area contributed by atoms with Crippen LogP contribution in [0.5, 0.6) is 0 Å². The first-order valence-electron chi connectivity index (χ1n) is 6.62. The van der Waals surface area contributed by atoms with Gasteiger partial charge in [0.2, 0.25) is 11.9 Å². The molecule has 0 radical (unpaired) electrons. The SMILES string of the molecule is Cc1cc(C)cc(NC(=O)[C@H]2CC(=O)n3ncnc3N2)c1. The predicted octanol–water partition coefficient (Wildman–Crippen LogP) is 1.36. The number of aromatic nitrogens is 3. The summed E-state index contributed by atoms with van der Waals surface area (Å²) in [6, 6.07) is 5.16. The molecule has 0 aliphatic carbocycles. The van der Waals surface area contributed by atoms with Crippen LogP contribution in [0.25, 0.3) is 0 Å². The Balaban J connectivity index is 1.76. The van der Waals surface area contributed by atoms with Crippen LogP contribution in [0, 0.1) is 13.8 Å². The van der Waals surface area contributed by atoms with Gasteiger partial charge in [-0.3, -0.25) is 9.59 Å². The smallest absolute Gasteiger partial charge is 0.252 e. The number of amides is 1. The van der Waals surface area contributed by atoms with Gasteiger partial charge in [-0.2, -0.15) is 14.8 Å². The largest absolute Gasteiger partial charge is 0.342 e. The number of hydrogen-bond acceptors (Lipinski definition) is 5. The van der Waals surface area contributed by atoms with Crippen molar-refractivity contribution in [3.8, 4) is 0 Å². The molecule has 7 heteroatoms. The van der Waals surface area contributed by atoms with Gasteiger partial charge in [-0.15, -0.1) is 0 Å². The van der Waals surface area contributed by atoms with E-state index in [1.807, 2.05) is 32.0 Å². The van der Waals surface area contributed by atoms with Gasteiger partial charge in [0, 0.05) is 5.69 Å². The van der Waals surface area contributed by atoms with E-state index < -0.39 is 6.04 Å². The lowest BCUT2D eigenvalue weighted by Gasteiger charge is -2.22. The van der Waals surface area contributed by atoms with E-state index in [1.165, 1.54) is 11.0 Å². The van der Waals surface area contributed by atoms with E-state index in [1.54, 1.807) is 0 Å². The van der Waals surface area contributed by atoms with Gasteiger partial charge in [0.15, 0.2) is 0 Å². The summed E-state index contributed by atoms with van der Waals surface area (Å²) >= 11 is 0. The second kappa shape index (κ2) is 5.01. The third-order valence-corrected chi connectivity index (χ3v) is 3.27. The molecule has 0 unspecified atom stereocenters. The Morgan fingerprint density at radius 1 is 1.33 bits per heavy atom. The van der Waals surface area contributed by atoms with E-state index in [4.69, 9.17) is 0 Å². The second-order valence-electron chi connectivity index (χ2n) is 5.16. The molecule has 2 aromatic rings. The summed E-state index contributed by atoms with van der Waals surface area (Å²) in [5.41, 5.74) is 2.86. The van der Waals surface area contributed by atoms with Gasteiger partial charge >= 0.3 is 0 Å². The first-order chi connectivity index (χ1) is 10.0. The van der Waals surface area contributed by atoms with E-state index in [-0.39, 0.29) is 18.2 Å². The van der Waals surface area contributed by atoms with E-state index in [0.29, 0.717) is 5.95 Å². The highest BCUT2D eigenvalue weighted by atomic mass is 16.2. The van der Waals surface area contributed by atoms with Crippen LogP contribution in [0.15, 0.2) is 24.5 Å². The molecule has 1 aromatic carbocycles. The molecule has 7 nitrogen and oxygen atoms in total. The molecule has 0 saturated heterocycles. The molecule has 1 aliphatic rings. The monoisotopic (exact) mass is 285 g/mol. The van der Waals surface area contributed by atoms with Crippen LogP contribution in [0.3, 0.4) is 0 Å². The van der Waals surface area contributed by atoms with Crippen LogP contribution in [-0.4, -0.2) is 32.6 Å². The summed E-state index contributed by atoms with van der Waals surface area (Å²) in [5.74, 6) is -0.212. The van der Waals surface area contributed by atoms with Crippen LogP contribution in [0.4, 0.5) is 11.6 Å². The average Bonchev–Trinajstić information content (AvgIpc) is 2.86. The number of fused-ring (bicyclic) bond motifs is 1. The van der Waals surface area contributed by atoms with Gasteiger partial charge in [-0.25, -0.2) is 0 Å². The topological polar surface area (TPSA) is 88.9 Å².